The molecule has 1 heterocycles. The number of anilines is 1. The smallest absolute Gasteiger partial charge is 0.0589 e. The number of nitrogens with zero attached hydrogens (tertiary/aromatic N) is 2. The molecule has 0 spiro atoms. The lowest BCUT2D eigenvalue weighted by Gasteiger charge is -2.07. The van der Waals surface area contributed by atoms with Crippen LogP contribution in [-0.4, -0.2) is 16.2 Å². The van der Waals surface area contributed by atoms with Crippen LogP contribution in [0.4, 0.5) is 5.69 Å². The van der Waals surface area contributed by atoms with Gasteiger partial charge in [-0.3, -0.25) is 9.97 Å². The Morgan fingerprint density at radius 1 is 1.28 bits per heavy atom. The van der Waals surface area contributed by atoms with E-state index in [-0.39, 0.29) is 0 Å². The van der Waals surface area contributed by atoms with E-state index in [9.17, 15) is 0 Å². The summed E-state index contributed by atoms with van der Waals surface area (Å²) < 4.78 is 0. The van der Waals surface area contributed by atoms with E-state index in [2.05, 4.69) is 9.97 Å². The van der Waals surface area contributed by atoms with Crippen LogP contribution >= 0.6 is 11.6 Å². The first-order valence-electron chi connectivity index (χ1n) is 5.54. The van der Waals surface area contributed by atoms with Crippen LogP contribution in [0.25, 0.3) is 0 Å². The standard InChI is InChI=1S/C13H13ClN4/c14-12-5-10(7-15)13(16)6-9(12)1-2-11-8-17-3-4-18-11/h3-8,15H,1-2,16H2. The number of nitrogen functional groups attached to an aromatic ring is 1. The van der Waals surface area contributed by atoms with E-state index in [1.807, 2.05) is 6.07 Å². The second-order valence-electron chi connectivity index (χ2n) is 3.91. The molecule has 2 aromatic rings. The number of nitrogens with two attached hydrogens (primary N) is 1. The van der Waals surface area contributed by atoms with E-state index >= 15 is 0 Å². The molecular weight excluding hydrogens is 248 g/mol. The minimum atomic E-state index is 0.573. The van der Waals surface area contributed by atoms with Crippen LogP contribution < -0.4 is 5.73 Å². The Balaban J connectivity index is 2.15. The van der Waals surface area contributed by atoms with Gasteiger partial charge in [0.05, 0.1) is 5.69 Å². The molecule has 0 amide bonds. The van der Waals surface area contributed by atoms with Crippen molar-refractivity contribution in [3.8, 4) is 0 Å². The molecule has 92 valence electrons. The summed E-state index contributed by atoms with van der Waals surface area (Å²) in [6.45, 7) is 0. The van der Waals surface area contributed by atoms with Crippen LogP contribution in [0, 0.1) is 5.41 Å². The third-order valence-corrected chi connectivity index (χ3v) is 3.03. The van der Waals surface area contributed by atoms with Gasteiger partial charge in [-0.15, -0.1) is 0 Å². The Kier molecular flexibility index (Phi) is 3.89. The Hall–Kier alpha value is -1.94. The quantitative estimate of drug-likeness (QED) is 0.655. The Morgan fingerprint density at radius 3 is 2.78 bits per heavy atom. The van der Waals surface area contributed by atoms with E-state index in [0.29, 0.717) is 16.3 Å². The third kappa shape index (κ3) is 2.84. The number of nitrogens with one attached hydrogen (secondary N) is 1. The summed E-state index contributed by atoms with van der Waals surface area (Å²) in [5.74, 6) is 0. The molecule has 1 aromatic heterocycles. The van der Waals surface area contributed by atoms with Crippen LogP contribution in [-0.2, 0) is 12.8 Å². The van der Waals surface area contributed by atoms with Crippen molar-refractivity contribution in [2.45, 2.75) is 12.8 Å². The topological polar surface area (TPSA) is 75.7 Å². The van der Waals surface area contributed by atoms with Gasteiger partial charge in [0.15, 0.2) is 0 Å². The fraction of sp³-hybridized carbons (Fsp3) is 0.154. The van der Waals surface area contributed by atoms with Crippen molar-refractivity contribution >= 4 is 23.5 Å². The molecular formula is C13H13ClN4. The van der Waals surface area contributed by atoms with Crippen molar-refractivity contribution in [2.24, 2.45) is 0 Å². The van der Waals surface area contributed by atoms with Gasteiger partial charge in [0.25, 0.3) is 0 Å². The fourth-order valence-electron chi connectivity index (χ4n) is 1.69. The van der Waals surface area contributed by atoms with Gasteiger partial charge in [-0.1, -0.05) is 11.6 Å². The molecule has 2 rings (SSSR count). The Labute approximate surface area is 110 Å². The number of benzene rings is 1. The average molecular weight is 261 g/mol. The zero-order valence-electron chi connectivity index (χ0n) is 9.73. The maximum absolute atomic E-state index is 7.21. The molecule has 0 aliphatic rings. The largest absolute Gasteiger partial charge is 0.398 e. The van der Waals surface area contributed by atoms with Crippen molar-refractivity contribution in [2.75, 3.05) is 5.73 Å². The summed E-state index contributed by atoms with van der Waals surface area (Å²) >= 11 is 6.15. The van der Waals surface area contributed by atoms with Gasteiger partial charge in [-0.05, 0) is 30.5 Å². The molecule has 0 saturated heterocycles. The van der Waals surface area contributed by atoms with Crippen LogP contribution in [0.3, 0.4) is 0 Å². The predicted octanol–water partition coefficient (Wildman–Crippen LogP) is 2.50. The highest BCUT2D eigenvalue weighted by Gasteiger charge is 2.06. The van der Waals surface area contributed by atoms with Crippen LogP contribution in [0.15, 0.2) is 30.7 Å². The maximum atomic E-state index is 7.21. The second-order valence-corrected chi connectivity index (χ2v) is 4.32. The van der Waals surface area contributed by atoms with Gasteiger partial charge in [0.2, 0.25) is 0 Å². The summed E-state index contributed by atoms with van der Waals surface area (Å²) in [5.41, 5.74) is 8.93. The lowest BCUT2D eigenvalue weighted by atomic mass is 10.0. The highest BCUT2D eigenvalue weighted by Crippen LogP contribution is 2.23. The molecule has 0 aliphatic heterocycles. The highest BCUT2D eigenvalue weighted by molar-refractivity contribution is 6.31. The van der Waals surface area contributed by atoms with E-state index in [4.69, 9.17) is 22.7 Å². The second kappa shape index (κ2) is 5.60. The van der Waals surface area contributed by atoms with Gasteiger partial charge in [0, 0.05) is 41.1 Å². The molecule has 0 aliphatic carbocycles. The van der Waals surface area contributed by atoms with Gasteiger partial charge in [0.1, 0.15) is 0 Å². The van der Waals surface area contributed by atoms with E-state index in [1.54, 1.807) is 24.7 Å². The molecule has 0 unspecified atom stereocenters. The molecule has 18 heavy (non-hydrogen) atoms. The SMILES string of the molecule is N=Cc1cc(Cl)c(CCc2cnccn2)cc1N. The van der Waals surface area contributed by atoms with E-state index in [1.165, 1.54) is 6.21 Å². The molecule has 3 N–H and O–H groups in total. The van der Waals surface area contributed by atoms with Crippen molar-refractivity contribution in [3.63, 3.8) is 0 Å². The summed E-state index contributed by atoms with van der Waals surface area (Å²) in [7, 11) is 0. The third-order valence-electron chi connectivity index (χ3n) is 2.67. The first kappa shape index (κ1) is 12.5. The summed E-state index contributed by atoms with van der Waals surface area (Å²) in [6.07, 6.45) is 7.77. The zero-order valence-corrected chi connectivity index (χ0v) is 10.5. The molecule has 5 heteroatoms. The lowest BCUT2D eigenvalue weighted by Crippen LogP contribution is -1.99. The monoisotopic (exact) mass is 260 g/mol. The van der Waals surface area contributed by atoms with Gasteiger partial charge >= 0.3 is 0 Å². The minimum Gasteiger partial charge on any atom is -0.398 e. The Morgan fingerprint density at radius 2 is 2.11 bits per heavy atom. The number of halogens is 1. The Bertz CT molecular complexity index is 554. The first-order chi connectivity index (χ1) is 8.70. The summed E-state index contributed by atoms with van der Waals surface area (Å²) in [4.78, 5) is 8.22. The molecule has 0 saturated carbocycles. The van der Waals surface area contributed by atoms with Crippen molar-refractivity contribution < 1.29 is 0 Å². The van der Waals surface area contributed by atoms with Gasteiger partial charge < -0.3 is 11.1 Å². The normalized spacial score (nSPS) is 10.3. The number of hydrogen-bond donors (Lipinski definition) is 2. The number of hydrogen-bond acceptors (Lipinski definition) is 4. The molecule has 0 bridgehead atoms. The number of aromatic nitrogens is 2. The fourth-order valence-corrected chi connectivity index (χ4v) is 1.96. The highest BCUT2D eigenvalue weighted by atomic mass is 35.5. The molecule has 1 aromatic carbocycles. The van der Waals surface area contributed by atoms with Crippen molar-refractivity contribution in [3.05, 3.63) is 52.6 Å². The lowest BCUT2D eigenvalue weighted by molar-refractivity contribution is 0.899. The molecule has 0 radical (unpaired) electrons. The average Bonchev–Trinajstić information content (AvgIpc) is 2.40. The van der Waals surface area contributed by atoms with Crippen LogP contribution in [0.2, 0.25) is 5.02 Å². The molecule has 0 atom stereocenters. The zero-order chi connectivity index (χ0) is 13.0. The maximum Gasteiger partial charge on any atom is 0.0589 e. The number of rotatable bonds is 4. The summed E-state index contributed by atoms with van der Waals surface area (Å²) in [5, 5.41) is 7.84. The first-order valence-corrected chi connectivity index (χ1v) is 5.91. The molecule has 4 nitrogen and oxygen atoms in total. The van der Waals surface area contributed by atoms with Crippen LogP contribution in [0.5, 0.6) is 0 Å². The molecule has 0 fully saturated rings. The van der Waals surface area contributed by atoms with E-state index in [0.717, 1.165) is 24.1 Å². The minimum absolute atomic E-state index is 0.573. The van der Waals surface area contributed by atoms with Crippen molar-refractivity contribution in [1.82, 2.24) is 9.97 Å². The van der Waals surface area contributed by atoms with Gasteiger partial charge in [-0.2, -0.15) is 0 Å². The summed E-state index contributed by atoms with van der Waals surface area (Å²) in [6, 6.07) is 3.54. The predicted molar refractivity (Wildman–Crippen MR) is 73.2 cm³/mol. The number of aryl methyl sites for hydroxylation is 2. The van der Waals surface area contributed by atoms with Crippen molar-refractivity contribution in [1.29, 1.82) is 5.41 Å². The van der Waals surface area contributed by atoms with Gasteiger partial charge in [-0.25, -0.2) is 0 Å². The van der Waals surface area contributed by atoms with E-state index < -0.39 is 0 Å². The van der Waals surface area contributed by atoms with Crippen LogP contribution in [0.1, 0.15) is 16.8 Å².